The van der Waals surface area contributed by atoms with Gasteiger partial charge < -0.3 is 5.32 Å². The molecule has 1 heterocycles. The molecule has 2 aromatic carbocycles. The standard InChI is InChI=1S/C17H11ClF3N3O3S/c18-10-3-1-9(2-4-10)16-23-13(8-28-16)15(25)22-11-5-6-14(24(26)27)12(7-11)17(19,20)21/h1-7,13H,8H2,(H,22,25). The van der Waals surface area contributed by atoms with E-state index in [0.29, 0.717) is 28.0 Å². The highest BCUT2D eigenvalue weighted by atomic mass is 35.5. The Kier molecular flexibility index (Phi) is 5.61. The predicted molar refractivity (Wildman–Crippen MR) is 101 cm³/mol. The van der Waals surface area contributed by atoms with E-state index < -0.39 is 34.3 Å². The number of nitrogens with one attached hydrogen (secondary N) is 1. The number of hydrogen-bond donors (Lipinski definition) is 1. The number of thioether (sulfide) groups is 1. The minimum atomic E-state index is -4.92. The highest BCUT2D eigenvalue weighted by Gasteiger charge is 2.38. The summed E-state index contributed by atoms with van der Waals surface area (Å²) in [4.78, 5) is 26.3. The summed E-state index contributed by atoms with van der Waals surface area (Å²) in [5.74, 6) is -0.276. The van der Waals surface area contributed by atoms with Crippen LogP contribution in [0.2, 0.25) is 5.02 Å². The number of nitro benzene ring substituents is 1. The van der Waals surface area contributed by atoms with E-state index in [1.807, 2.05) is 0 Å². The van der Waals surface area contributed by atoms with Crippen molar-refractivity contribution in [2.24, 2.45) is 4.99 Å². The number of nitro groups is 1. The van der Waals surface area contributed by atoms with Crippen LogP contribution in [-0.4, -0.2) is 27.7 Å². The van der Waals surface area contributed by atoms with Crippen molar-refractivity contribution >= 4 is 45.7 Å². The normalized spacial score (nSPS) is 16.6. The molecule has 11 heteroatoms. The zero-order chi connectivity index (χ0) is 20.5. The van der Waals surface area contributed by atoms with Gasteiger partial charge in [-0.05, 0) is 24.3 Å². The first kappa shape index (κ1) is 20.2. The van der Waals surface area contributed by atoms with Gasteiger partial charge in [0.05, 0.1) is 9.97 Å². The van der Waals surface area contributed by atoms with Gasteiger partial charge in [-0.1, -0.05) is 23.7 Å². The monoisotopic (exact) mass is 429 g/mol. The maximum atomic E-state index is 13.0. The molecule has 0 saturated carbocycles. The number of nitrogens with zero attached hydrogens (tertiary/aromatic N) is 2. The van der Waals surface area contributed by atoms with Gasteiger partial charge in [-0.15, -0.1) is 11.8 Å². The molecule has 0 aliphatic carbocycles. The second kappa shape index (κ2) is 7.80. The third kappa shape index (κ3) is 4.45. The van der Waals surface area contributed by atoms with Crippen LogP contribution in [0.3, 0.4) is 0 Å². The molecule has 0 spiro atoms. The number of carbonyl (C=O) groups excluding carboxylic acids is 1. The zero-order valence-corrected chi connectivity index (χ0v) is 15.4. The number of carbonyl (C=O) groups is 1. The third-order valence-corrected chi connectivity index (χ3v) is 5.16. The van der Waals surface area contributed by atoms with Crippen molar-refractivity contribution < 1.29 is 22.9 Å². The van der Waals surface area contributed by atoms with Gasteiger partial charge in [-0.3, -0.25) is 19.9 Å². The molecule has 2 aromatic rings. The average molecular weight is 430 g/mol. The number of hydrogen-bond acceptors (Lipinski definition) is 5. The summed E-state index contributed by atoms with van der Waals surface area (Å²) < 4.78 is 39.1. The van der Waals surface area contributed by atoms with Crippen LogP contribution in [-0.2, 0) is 11.0 Å². The van der Waals surface area contributed by atoms with E-state index in [9.17, 15) is 28.1 Å². The fourth-order valence-corrected chi connectivity index (χ4v) is 3.66. The van der Waals surface area contributed by atoms with Crippen LogP contribution < -0.4 is 5.32 Å². The Balaban J connectivity index is 1.78. The molecular formula is C17H11ClF3N3O3S. The van der Waals surface area contributed by atoms with Crippen LogP contribution in [0, 0.1) is 10.1 Å². The molecule has 3 rings (SSSR count). The Bertz CT molecular complexity index is 964. The lowest BCUT2D eigenvalue weighted by atomic mass is 10.1. The quantitative estimate of drug-likeness (QED) is 0.560. The van der Waals surface area contributed by atoms with Crippen LogP contribution in [0.5, 0.6) is 0 Å². The van der Waals surface area contributed by atoms with Crippen molar-refractivity contribution in [2.75, 3.05) is 11.1 Å². The summed E-state index contributed by atoms with van der Waals surface area (Å²) in [6.07, 6.45) is -4.92. The zero-order valence-electron chi connectivity index (χ0n) is 13.9. The number of amides is 1. The Morgan fingerprint density at radius 3 is 2.54 bits per heavy atom. The van der Waals surface area contributed by atoms with Gasteiger partial charge in [0, 0.05) is 28.1 Å². The van der Waals surface area contributed by atoms with Gasteiger partial charge in [0.25, 0.3) is 5.69 Å². The van der Waals surface area contributed by atoms with Crippen molar-refractivity contribution in [1.82, 2.24) is 0 Å². The summed E-state index contributed by atoms with van der Waals surface area (Å²) in [6, 6.07) is 8.39. The number of halogens is 4. The maximum Gasteiger partial charge on any atom is 0.423 e. The number of anilines is 1. The van der Waals surface area contributed by atoms with Crippen LogP contribution in [0.4, 0.5) is 24.5 Å². The summed E-state index contributed by atoms with van der Waals surface area (Å²) in [7, 11) is 0. The highest BCUT2D eigenvalue weighted by Crippen LogP contribution is 2.37. The number of aliphatic imine (C=N–C) groups is 1. The molecule has 1 N–H and O–H groups in total. The van der Waals surface area contributed by atoms with E-state index in [2.05, 4.69) is 10.3 Å². The molecule has 1 unspecified atom stereocenters. The maximum absolute atomic E-state index is 13.0. The molecule has 1 atom stereocenters. The van der Waals surface area contributed by atoms with Crippen molar-refractivity contribution in [3.8, 4) is 0 Å². The minimum absolute atomic E-state index is 0.192. The van der Waals surface area contributed by atoms with E-state index >= 15 is 0 Å². The Hall–Kier alpha value is -2.59. The van der Waals surface area contributed by atoms with E-state index in [-0.39, 0.29) is 5.69 Å². The van der Waals surface area contributed by atoms with Crippen LogP contribution >= 0.6 is 23.4 Å². The molecular weight excluding hydrogens is 419 g/mol. The Morgan fingerprint density at radius 2 is 1.93 bits per heavy atom. The van der Waals surface area contributed by atoms with Crippen LogP contribution in [0.1, 0.15) is 11.1 Å². The topological polar surface area (TPSA) is 84.6 Å². The lowest BCUT2D eigenvalue weighted by molar-refractivity contribution is -0.388. The molecule has 0 aromatic heterocycles. The van der Waals surface area contributed by atoms with Crippen molar-refractivity contribution in [3.63, 3.8) is 0 Å². The second-order valence-electron chi connectivity index (χ2n) is 5.74. The smallest absolute Gasteiger partial charge is 0.324 e. The minimum Gasteiger partial charge on any atom is -0.324 e. The summed E-state index contributed by atoms with van der Waals surface area (Å²) >= 11 is 7.17. The van der Waals surface area contributed by atoms with E-state index in [1.165, 1.54) is 11.8 Å². The molecule has 28 heavy (non-hydrogen) atoms. The molecule has 1 aliphatic heterocycles. The summed E-state index contributed by atoms with van der Waals surface area (Å²) in [5.41, 5.74) is -1.92. The highest BCUT2D eigenvalue weighted by molar-refractivity contribution is 8.14. The van der Waals surface area contributed by atoms with Crippen molar-refractivity contribution in [1.29, 1.82) is 0 Å². The lowest BCUT2D eigenvalue weighted by Crippen LogP contribution is -2.26. The van der Waals surface area contributed by atoms with Gasteiger partial charge in [0.1, 0.15) is 11.6 Å². The first-order valence-electron chi connectivity index (χ1n) is 7.78. The molecule has 1 aliphatic rings. The van der Waals surface area contributed by atoms with Crippen molar-refractivity contribution in [3.05, 3.63) is 68.7 Å². The first-order valence-corrected chi connectivity index (χ1v) is 9.14. The average Bonchev–Trinajstić information content (AvgIpc) is 3.11. The first-order chi connectivity index (χ1) is 13.1. The Labute approximate surface area is 165 Å². The third-order valence-electron chi connectivity index (χ3n) is 3.81. The number of benzene rings is 2. The predicted octanol–water partition coefficient (Wildman–Crippen LogP) is 4.77. The van der Waals surface area contributed by atoms with Gasteiger partial charge in [-0.2, -0.15) is 13.2 Å². The number of rotatable bonds is 4. The Morgan fingerprint density at radius 1 is 1.25 bits per heavy atom. The van der Waals surface area contributed by atoms with Crippen molar-refractivity contribution in [2.45, 2.75) is 12.2 Å². The van der Waals surface area contributed by atoms with Gasteiger partial charge in [-0.25, -0.2) is 0 Å². The molecule has 0 saturated heterocycles. The molecule has 0 bridgehead atoms. The molecule has 0 radical (unpaired) electrons. The fraction of sp³-hybridized carbons (Fsp3) is 0.176. The van der Waals surface area contributed by atoms with E-state index in [4.69, 9.17) is 11.6 Å². The lowest BCUT2D eigenvalue weighted by Gasteiger charge is -2.12. The molecule has 0 fully saturated rings. The van der Waals surface area contributed by atoms with Gasteiger partial charge >= 0.3 is 6.18 Å². The largest absolute Gasteiger partial charge is 0.423 e. The summed E-state index contributed by atoms with van der Waals surface area (Å²) in [6.45, 7) is 0. The summed E-state index contributed by atoms with van der Waals surface area (Å²) in [5, 5.41) is 14.3. The van der Waals surface area contributed by atoms with Gasteiger partial charge in [0.2, 0.25) is 5.91 Å². The van der Waals surface area contributed by atoms with E-state index in [0.717, 1.165) is 11.6 Å². The molecule has 6 nitrogen and oxygen atoms in total. The molecule has 1 amide bonds. The fourth-order valence-electron chi connectivity index (χ4n) is 2.48. The van der Waals surface area contributed by atoms with Crippen LogP contribution in [0.15, 0.2) is 47.5 Å². The van der Waals surface area contributed by atoms with Gasteiger partial charge in [0.15, 0.2) is 0 Å². The number of alkyl halides is 3. The van der Waals surface area contributed by atoms with E-state index in [1.54, 1.807) is 24.3 Å². The SMILES string of the molecule is O=C(Nc1ccc([N+](=O)[O-])c(C(F)(F)F)c1)C1CSC(c2ccc(Cl)cc2)=N1. The molecule has 146 valence electrons. The van der Waals surface area contributed by atoms with Crippen LogP contribution in [0.25, 0.3) is 0 Å². The second-order valence-corrected chi connectivity index (χ2v) is 7.19.